The number of aliphatic hydroxyl groups excluding tert-OH is 2. The average Bonchev–Trinajstić information content (AvgIpc) is 2.53. The number of nitrogens with one attached hydrogen (secondary N) is 1. The quantitative estimate of drug-likeness (QED) is 0.735. The zero-order valence-corrected chi connectivity index (χ0v) is 13.4. The second-order valence-corrected chi connectivity index (χ2v) is 6.00. The highest BCUT2D eigenvalue weighted by Crippen LogP contribution is 2.17. The van der Waals surface area contributed by atoms with Gasteiger partial charge < -0.3 is 15.5 Å². The first-order chi connectivity index (χ1) is 10.6. The van der Waals surface area contributed by atoms with Crippen LogP contribution in [0.2, 0.25) is 5.02 Å². The molecular formula is C18H22ClNO2. The first-order valence-corrected chi connectivity index (χ1v) is 7.82. The molecule has 3 N–H and O–H groups in total. The van der Waals surface area contributed by atoms with Crippen molar-refractivity contribution in [3.63, 3.8) is 0 Å². The molecule has 0 aromatic heterocycles. The summed E-state index contributed by atoms with van der Waals surface area (Å²) in [6.07, 6.45) is 0.298. The summed E-state index contributed by atoms with van der Waals surface area (Å²) in [6.45, 7) is 2.64. The van der Waals surface area contributed by atoms with E-state index in [2.05, 4.69) is 12.2 Å². The van der Waals surface area contributed by atoms with Crippen LogP contribution < -0.4 is 5.32 Å². The van der Waals surface area contributed by atoms with Crippen molar-refractivity contribution in [3.8, 4) is 0 Å². The van der Waals surface area contributed by atoms with Crippen LogP contribution >= 0.6 is 11.6 Å². The summed E-state index contributed by atoms with van der Waals surface area (Å²) in [5.74, 6) is 0. The second kappa shape index (κ2) is 8.30. The maximum atomic E-state index is 10.2. The summed E-state index contributed by atoms with van der Waals surface area (Å²) in [5, 5.41) is 23.2. The topological polar surface area (TPSA) is 52.5 Å². The molecule has 2 aromatic carbocycles. The van der Waals surface area contributed by atoms with Crippen molar-refractivity contribution in [3.05, 3.63) is 70.2 Å². The third-order valence-electron chi connectivity index (χ3n) is 3.64. The van der Waals surface area contributed by atoms with Crippen LogP contribution in [0.15, 0.2) is 48.5 Å². The van der Waals surface area contributed by atoms with E-state index >= 15 is 0 Å². The van der Waals surface area contributed by atoms with E-state index in [1.165, 1.54) is 5.56 Å². The molecule has 0 bridgehead atoms. The molecule has 2 rings (SSSR count). The van der Waals surface area contributed by atoms with Crippen LogP contribution in [0.25, 0.3) is 0 Å². The van der Waals surface area contributed by atoms with Crippen molar-refractivity contribution in [2.24, 2.45) is 0 Å². The van der Waals surface area contributed by atoms with Gasteiger partial charge in [-0.3, -0.25) is 0 Å². The molecule has 0 fully saturated rings. The first-order valence-electron chi connectivity index (χ1n) is 7.44. The van der Waals surface area contributed by atoms with Crippen molar-refractivity contribution in [1.29, 1.82) is 0 Å². The Bertz CT molecular complexity index is 586. The molecule has 118 valence electrons. The van der Waals surface area contributed by atoms with Crippen molar-refractivity contribution in [2.45, 2.75) is 32.1 Å². The van der Waals surface area contributed by atoms with Gasteiger partial charge in [-0.15, -0.1) is 0 Å². The summed E-state index contributed by atoms with van der Waals surface area (Å²) >= 11 is 5.93. The Morgan fingerprint density at radius 3 is 2.41 bits per heavy atom. The molecule has 2 atom stereocenters. The second-order valence-electron chi connectivity index (χ2n) is 5.56. The van der Waals surface area contributed by atoms with E-state index in [9.17, 15) is 5.11 Å². The fourth-order valence-corrected chi connectivity index (χ4v) is 2.55. The number of halogens is 1. The highest BCUT2D eigenvalue weighted by molar-refractivity contribution is 6.30. The van der Waals surface area contributed by atoms with Gasteiger partial charge in [-0.2, -0.15) is 0 Å². The molecular weight excluding hydrogens is 298 g/mol. The van der Waals surface area contributed by atoms with Crippen LogP contribution in [0.3, 0.4) is 0 Å². The molecule has 22 heavy (non-hydrogen) atoms. The molecule has 0 saturated heterocycles. The standard InChI is InChI=1S/C18H22ClNO2/c1-13(9-14-5-7-15(12-21)8-6-14)20-11-18(22)16-3-2-4-17(19)10-16/h2-8,10,13,18,20-22H,9,11-12H2,1H3. The van der Waals surface area contributed by atoms with Gasteiger partial charge in [-0.1, -0.05) is 48.0 Å². The zero-order valence-electron chi connectivity index (χ0n) is 12.7. The van der Waals surface area contributed by atoms with Gasteiger partial charge >= 0.3 is 0 Å². The number of hydrogen-bond donors (Lipinski definition) is 3. The minimum Gasteiger partial charge on any atom is -0.392 e. The Kier molecular flexibility index (Phi) is 6.40. The molecule has 2 unspecified atom stereocenters. The van der Waals surface area contributed by atoms with Gasteiger partial charge in [0.1, 0.15) is 0 Å². The van der Waals surface area contributed by atoms with Gasteiger partial charge in [0, 0.05) is 17.6 Å². The van der Waals surface area contributed by atoms with Crippen LogP contribution in [0.5, 0.6) is 0 Å². The predicted molar refractivity (Wildman–Crippen MR) is 89.9 cm³/mol. The van der Waals surface area contributed by atoms with Crippen LogP contribution in [-0.4, -0.2) is 22.8 Å². The molecule has 0 radical (unpaired) electrons. The number of rotatable bonds is 7. The van der Waals surface area contributed by atoms with Crippen LogP contribution in [-0.2, 0) is 13.0 Å². The maximum absolute atomic E-state index is 10.2. The molecule has 4 heteroatoms. The third-order valence-corrected chi connectivity index (χ3v) is 3.88. The van der Waals surface area contributed by atoms with Gasteiger partial charge in [0.05, 0.1) is 12.7 Å². The Morgan fingerprint density at radius 1 is 1.09 bits per heavy atom. The molecule has 0 amide bonds. The van der Waals surface area contributed by atoms with Gasteiger partial charge in [0.15, 0.2) is 0 Å². The molecule has 0 aliphatic heterocycles. The first kappa shape index (κ1) is 17.0. The van der Waals surface area contributed by atoms with Gasteiger partial charge in [-0.25, -0.2) is 0 Å². The van der Waals surface area contributed by atoms with Crippen molar-refractivity contribution in [1.82, 2.24) is 5.32 Å². The lowest BCUT2D eigenvalue weighted by Crippen LogP contribution is -2.32. The SMILES string of the molecule is CC(Cc1ccc(CO)cc1)NCC(O)c1cccc(Cl)c1. The summed E-state index contributed by atoms with van der Waals surface area (Å²) in [5.41, 5.74) is 2.94. The normalized spacial score (nSPS) is 13.8. The number of hydrogen-bond acceptors (Lipinski definition) is 3. The fraction of sp³-hybridized carbons (Fsp3) is 0.333. The lowest BCUT2D eigenvalue weighted by Gasteiger charge is -2.18. The van der Waals surface area contributed by atoms with Crippen molar-refractivity contribution >= 4 is 11.6 Å². The highest BCUT2D eigenvalue weighted by atomic mass is 35.5. The maximum Gasteiger partial charge on any atom is 0.0914 e. The molecule has 0 heterocycles. The Balaban J connectivity index is 1.82. The van der Waals surface area contributed by atoms with E-state index in [0.717, 1.165) is 17.5 Å². The smallest absolute Gasteiger partial charge is 0.0914 e. The van der Waals surface area contributed by atoms with E-state index in [4.69, 9.17) is 16.7 Å². The van der Waals surface area contributed by atoms with Crippen LogP contribution in [0.1, 0.15) is 29.7 Å². The lowest BCUT2D eigenvalue weighted by molar-refractivity contribution is 0.170. The monoisotopic (exact) mass is 319 g/mol. The lowest BCUT2D eigenvalue weighted by atomic mass is 10.0. The van der Waals surface area contributed by atoms with Crippen LogP contribution in [0, 0.1) is 0 Å². The van der Waals surface area contributed by atoms with Gasteiger partial charge in [0.25, 0.3) is 0 Å². The molecule has 3 nitrogen and oxygen atoms in total. The van der Waals surface area contributed by atoms with Gasteiger partial charge in [0.2, 0.25) is 0 Å². The van der Waals surface area contributed by atoms with Crippen LogP contribution in [0.4, 0.5) is 0 Å². The summed E-state index contributed by atoms with van der Waals surface area (Å²) in [6, 6.07) is 15.5. The fourth-order valence-electron chi connectivity index (χ4n) is 2.35. The summed E-state index contributed by atoms with van der Waals surface area (Å²) in [7, 11) is 0. The van der Waals surface area contributed by atoms with E-state index < -0.39 is 6.10 Å². The van der Waals surface area contributed by atoms with Gasteiger partial charge in [-0.05, 0) is 42.2 Å². The summed E-state index contributed by atoms with van der Waals surface area (Å²) < 4.78 is 0. The average molecular weight is 320 g/mol. The van der Waals surface area contributed by atoms with E-state index in [1.54, 1.807) is 12.1 Å². The minimum atomic E-state index is -0.571. The number of benzene rings is 2. The summed E-state index contributed by atoms with van der Waals surface area (Å²) in [4.78, 5) is 0. The number of aliphatic hydroxyl groups is 2. The van der Waals surface area contributed by atoms with E-state index in [0.29, 0.717) is 11.6 Å². The predicted octanol–water partition coefficient (Wildman–Crippen LogP) is 3.09. The molecule has 0 spiro atoms. The Hall–Kier alpha value is -1.39. The Labute approximate surface area is 136 Å². The van der Waals surface area contributed by atoms with E-state index in [1.807, 2.05) is 36.4 Å². The zero-order chi connectivity index (χ0) is 15.9. The molecule has 2 aromatic rings. The third kappa shape index (κ3) is 5.11. The van der Waals surface area contributed by atoms with Crippen molar-refractivity contribution < 1.29 is 10.2 Å². The molecule has 0 aliphatic carbocycles. The molecule has 0 saturated carbocycles. The largest absolute Gasteiger partial charge is 0.392 e. The Morgan fingerprint density at radius 2 is 1.77 bits per heavy atom. The van der Waals surface area contributed by atoms with E-state index in [-0.39, 0.29) is 12.6 Å². The van der Waals surface area contributed by atoms with Crippen molar-refractivity contribution in [2.75, 3.05) is 6.54 Å². The highest BCUT2D eigenvalue weighted by Gasteiger charge is 2.10. The minimum absolute atomic E-state index is 0.0694. The molecule has 0 aliphatic rings.